The van der Waals surface area contributed by atoms with Crippen molar-refractivity contribution in [1.29, 1.82) is 0 Å². The number of nitrogens with one attached hydrogen (secondary N) is 2. The first-order chi connectivity index (χ1) is 12.6. The summed E-state index contributed by atoms with van der Waals surface area (Å²) < 4.78 is 1.76. The van der Waals surface area contributed by atoms with Gasteiger partial charge in [-0.2, -0.15) is 5.10 Å². The van der Waals surface area contributed by atoms with Crippen LogP contribution >= 0.6 is 12.4 Å². The van der Waals surface area contributed by atoms with Gasteiger partial charge in [0.05, 0.1) is 12.1 Å². The molecule has 0 saturated carbocycles. The van der Waals surface area contributed by atoms with E-state index in [0.717, 1.165) is 17.7 Å². The molecule has 3 atom stereocenters. The molecule has 0 aliphatic carbocycles. The summed E-state index contributed by atoms with van der Waals surface area (Å²) in [5, 5.41) is 10.5. The maximum Gasteiger partial charge on any atom is 0.247 e. The Bertz CT molecular complexity index is 809. The average Bonchev–Trinajstić information content (AvgIpc) is 3.30. The van der Waals surface area contributed by atoms with Gasteiger partial charge in [0.25, 0.3) is 0 Å². The number of hydrogen-bond donors (Lipinski definition) is 2. The van der Waals surface area contributed by atoms with Gasteiger partial charge in [-0.25, -0.2) is 0 Å². The molecule has 27 heavy (non-hydrogen) atoms. The highest BCUT2D eigenvalue weighted by atomic mass is 35.5. The molecule has 0 bridgehead atoms. The molecule has 1 aromatic carbocycles. The van der Waals surface area contributed by atoms with Crippen LogP contribution in [0.1, 0.15) is 23.1 Å². The second-order valence-electron chi connectivity index (χ2n) is 6.95. The monoisotopic (exact) mass is 389 g/mol. The van der Waals surface area contributed by atoms with E-state index in [-0.39, 0.29) is 36.1 Å². The molecule has 3 heterocycles. The number of amides is 2. The lowest BCUT2D eigenvalue weighted by atomic mass is 9.88. The van der Waals surface area contributed by atoms with Gasteiger partial charge in [0.15, 0.2) is 0 Å². The molecule has 0 spiro atoms. The zero-order chi connectivity index (χ0) is 18.1. The number of piperazine rings is 1. The third-order valence-electron chi connectivity index (χ3n) is 5.29. The van der Waals surface area contributed by atoms with Gasteiger partial charge in [-0.05, 0) is 11.1 Å². The third kappa shape index (κ3) is 3.70. The molecule has 8 heteroatoms. The number of hydrogen-bond acceptors (Lipinski definition) is 4. The SMILES string of the molecule is Cl.Cn1cc([C@H]2CNC[C@@H]2C(=O)N2CCNC(=O)C2c2ccccc2)cn1. The number of benzene rings is 1. The normalized spacial score (nSPS) is 25.0. The van der Waals surface area contributed by atoms with Gasteiger partial charge in [-0.1, -0.05) is 30.3 Å². The number of carbonyl (C=O) groups excluding carboxylic acids is 2. The molecule has 2 amide bonds. The summed E-state index contributed by atoms with van der Waals surface area (Å²) in [6.07, 6.45) is 3.80. The van der Waals surface area contributed by atoms with Crippen molar-refractivity contribution in [3.05, 3.63) is 53.9 Å². The number of nitrogens with zero attached hydrogens (tertiary/aromatic N) is 3. The molecule has 2 aliphatic rings. The van der Waals surface area contributed by atoms with E-state index in [0.29, 0.717) is 19.6 Å². The topological polar surface area (TPSA) is 79.3 Å². The Morgan fingerprint density at radius 3 is 2.67 bits per heavy atom. The summed E-state index contributed by atoms with van der Waals surface area (Å²) >= 11 is 0. The Kier molecular flexibility index (Phi) is 5.82. The predicted molar refractivity (Wildman–Crippen MR) is 103 cm³/mol. The van der Waals surface area contributed by atoms with Crippen LogP contribution in [0.3, 0.4) is 0 Å². The summed E-state index contributed by atoms with van der Waals surface area (Å²) in [5.74, 6) is -0.179. The van der Waals surface area contributed by atoms with Crippen molar-refractivity contribution in [2.24, 2.45) is 13.0 Å². The van der Waals surface area contributed by atoms with Crippen LogP contribution in [0.15, 0.2) is 42.7 Å². The van der Waals surface area contributed by atoms with E-state index >= 15 is 0 Å². The second kappa shape index (κ2) is 8.10. The molecule has 144 valence electrons. The molecule has 2 fully saturated rings. The summed E-state index contributed by atoms with van der Waals surface area (Å²) in [7, 11) is 1.88. The van der Waals surface area contributed by atoms with Crippen LogP contribution in [0.4, 0.5) is 0 Å². The fourth-order valence-corrected chi connectivity index (χ4v) is 4.00. The molecule has 2 N–H and O–H groups in total. The highest BCUT2D eigenvalue weighted by Crippen LogP contribution is 2.32. The molecule has 1 aromatic heterocycles. The van der Waals surface area contributed by atoms with Crippen LogP contribution in [0.25, 0.3) is 0 Å². The number of aromatic nitrogens is 2. The van der Waals surface area contributed by atoms with Crippen LogP contribution in [-0.2, 0) is 16.6 Å². The van der Waals surface area contributed by atoms with Crippen molar-refractivity contribution < 1.29 is 9.59 Å². The average molecular weight is 390 g/mol. The fourth-order valence-electron chi connectivity index (χ4n) is 4.00. The van der Waals surface area contributed by atoms with Gasteiger partial charge < -0.3 is 15.5 Å². The van der Waals surface area contributed by atoms with Crippen LogP contribution < -0.4 is 10.6 Å². The van der Waals surface area contributed by atoms with E-state index in [1.165, 1.54) is 0 Å². The van der Waals surface area contributed by atoms with Crippen molar-refractivity contribution in [1.82, 2.24) is 25.3 Å². The highest BCUT2D eigenvalue weighted by molar-refractivity contribution is 5.91. The molecule has 7 nitrogen and oxygen atoms in total. The van der Waals surface area contributed by atoms with Crippen LogP contribution in [-0.4, -0.2) is 52.7 Å². The molecular formula is C19H24ClN5O2. The quantitative estimate of drug-likeness (QED) is 0.815. The Morgan fingerprint density at radius 2 is 1.96 bits per heavy atom. The standard InChI is InChI=1S/C19H23N5O2.ClH/c1-23-12-14(9-22-23)15-10-20-11-16(15)19(26)24-8-7-21-18(25)17(24)13-5-3-2-4-6-13;/h2-6,9,12,15-17,20H,7-8,10-11H2,1H3,(H,21,25);1H/t15-,16+,17?;/m1./s1. The van der Waals surface area contributed by atoms with Gasteiger partial charge in [-0.15, -0.1) is 12.4 Å². The number of carbonyl (C=O) groups is 2. The van der Waals surface area contributed by atoms with Crippen molar-refractivity contribution in [2.45, 2.75) is 12.0 Å². The number of rotatable bonds is 3. The predicted octanol–water partition coefficient (Wildman–Crippen LogP) is 0.845. The van der Waals surface area contributed by atoms with Crippen LogP contribution in [0, 0.1) is 5.92 Å². The van der Waals surface area contributed by atoms with E-state index in [4.69, 9.17) is 0 Å². The molecule has 2 aromatic rings. The smallest absolute Gasteiger partial charge is 0.247 e. The summed E-state index contributed by atoms with van der Waals surface area (Å²) in [6, 6.07) is 8.95. The zero-order valence-corrected chi connectivity index (χ0v) is 16.0. The molecule has 2 saturated heterocycles. The fraction of sp³-hybridized carbons (Fsp3) is 0.421. The van der Waals surface area contributed by atoms with E-state index in [1.807, 2.05) is 49.8 Å². The first-order valence-electron chi connectivity index (χ1n) is 8.97. The molecule has 0 radical (unpaired) electrons. The van der Waals surface area contributed by atoms with Crippen molar-refractivity contribution >= 4 is 24.2 Å². The minimum absolute atomic E-state index is 0. The van der Waals surface area contributed by atoms with Crippen LogP contribution in [0.5, 0.6) is 0 Å². The first kappa shape index (κ1) is 19.4. The molecular weight excluding hydrogens is 366 g/mol. The lowest BCUT2D eigenvalue weighted by Gasteiger charge is -2.37. The minimum Gasteiger partial charge on any atom is -0.352 e. The van der Waals surface area contributed by atoms with Crippen molar-refractivity contribution in [3.8, 4) is 0 Å². The third-order valence-corrected chi connectivity index (χ3v) is 5.29. The second-order valence-corrected chi connectivity index (χ2v) is 6.95. The minimum atomic E-state index is -0.562. The van der Waals surface area contributed by atoms with Crippen molar-refractivity contribution in [3.63, 3.8) is 0 Å². The molecule has 2 aliphatic heterocycles. The van der Waals surface area contributed by atoms with E-state index in [9.17, 15) is 9.59 Å². The maximum atomic E-state index is 13.4. The van der Waals surface area contributed by atoms with Gasteiger partial charge >= 0.3 is 0 Å². The van der Waals surface area contributed by atoms with E-state index < -0.39 is 6.04 Å². The Labute approximate surface area is 164 Å². The summed E-state index contributed by atoms with van der Waals surface area (Å²) in [5.41, 5.74) is 1.91. The van der Waals surface area contributed by atoms with Gasteiger partial charge in [0, 0.05) is 45.3 Å². The van der Waals surface area contributed by atoms with E-state index in [2.05, 4.69) is 15.7 Å². The lowest BCUT2D eigenvalue weighted by Crippen LogP contribution is -2.54. The van der Waals surface area contributed by atoms with Gasteiger partial charge in [0.1, 0.15) is 6.04 Å². The Balaban J connectivity index is 0.00000210. The van der Waals surface area contributed by atoms with Crippen LogP contribution in [0.2, 0.25) is 0 Å². The molecule has 1 unspecified atom stereocenters. The number of aryl methyl sites for hydroxylation is 1. The molecule has 4 rings (SSSR count). The summed E-state index contributed by atoms with van der Waals surface area (Å²) in [6.45, 7) is 2.39. The Morgan fingerprint density at radius 1 is 1.19 bits per heavy atom. The zero-order valence-electron chi connectivity index (χ0n) is 15.2. The highest BCUT2D eigenvalue weighted by Gasteiger charge is 2.42. The Hall–Kier alpha value is -2.38. The van der Waals surface area contributed by atoms with Gasteiger partial charge in [0.2, 0.25) is 11.8 Å². The van der Waals surface area contributed by atoms with E-state index in [1.54, 1.807) is 9.58 Å². The van der Waals surface area contributed by atoms with Gasteiger partial charge in [-0.3, -0.25) is 14.3 Å². The largest absolute Gasteiger partial charge is 0.352 e. The maximum absolute atomic E-state index is 13.4. The summed E-state index contributed by atoms with van der Waals surface area (Å²) in [4.78, 5) is 27.7. The lowest BCUT2D eigenvalue weighted by molar-refractivity contribution is -0.146. The number of halogens is 1. The first-order valence-corrected chi connectivity index (χ1v) is 8.97. The van der Waals surface area contributed by atoms with Crippen molar-refractivity contribution in [2.75, 3.05) is 26.2 Å².